The van der Waals surface area contributed by atoms with E-state index in [4.69, 9.17) is 5.73 Å². The van der Waals surface area contributed by atoms with Gasteiger partial charge in [-0.15, -0.1) is 0 Å². The lowest BCUT2D eigenvalue weighted by molar-refractivity contribution is -0.142. The molecule has 0 unspecified atom stereocenters. The molecule has 0 aromatic heterocycles. The number of phenols is 2. The second-order valence-corrected chi connectivity index (χ2v) is 34.3. The van der Waals surface area contributed by atoms with Crippen molar-refractivity contribution in [2.75, 3.05) is 45.1 Å². The van der Waals surface area contributed by atoms with Crippen molar-refractivity contribution in [1.82, 2.24) is 84.7 Å². The zero-order valence-electron chi connectivity index (χ0n) is 75.4. The molecule has 26 N–H and O–H groups in total. The first-order chi connectivity index (χ1) is 63.3. The molecule has 134 heavy (non-hydrogen) atoms. The van der Waals surface area contributed by atoms with Crippen molar-refractivity contribution in [3.05, 3.63) is 95.6 Å². The van der Waals surface area contributed by atoms with E-state index in [2.05, 4.69) is 79.8 Å². The number of nitrogens with one attached hydrogen (secondary N) is 15. The third-order valence-electron chi connectivity index (χ3n) is 22.0. The maximum Gasteiger partial charge on any atom is 0.305 e. The van der Waals surface area contributed by atoms with Crippen LogP contribution in [0.3, 0.4) is 0 Å². The van der Waals surface area contributed by atoms with Crippen molar-refractivity contribution in [2.24, 2.45) is 29.4 Å². The maximum absolute atomic E-state index is 14.7. The number of nitrogens with zero attached hydrogens (tertiary/aromatic N) is 1. The lowest BCUT2D eigenvalue weighted by Crippen LogP contribution is -2.63. The fourth-order valence-electron chi connectivity index (χ4n) is 14.2. The molecule has 47 heteroatoms. The predicted molar refractivity (Wildman–Crippen MR) is 476 cm³/mol. The number of hydrogen-bond donors (Lipinski definition) is 25. The monoisotopic (exact) mass is 1900 g/mol. The number of phenolic OH excluding ortho intramolecular Hbond substituents is 2. The number of benzene rings is 3. The van der Waals surface area contributed by atoms with Gasteiger partial charge in [0.2, 0.25) is 94.5 Å². The largest absolute Gasteiger partial charge is 0.508 e. The molecule has 0 spiro atoms. The van der Waals surface area contributed by atoms with Crippen LogP contribution in [0.15, 0.2) is 78.9 Å². The summed E-state index contributed by atoms with van der Waals surface area (Å²) in [6.07, 6.45) is -5.52. The summed E-state index contributed by atoms with van der Waals surface area (Å²) >= 11 is 0.850. The second kappa shape index (κ2) is 56.1. The Labute approximate surface area is 776 Å². The summed E-state index contributed by atoms with van der Waals surface area (Å²) < 4.78 is 0. The van der Waals surface area contributed by atoms with Gasteiger partial charge in [-0.2, -0.15) is 0 Å². The number of aliphatic hydroxyl groups is 4. The van der Waals surface area contributed by atoms with Crippen molar-refractivity contribution < 1.29 is 142 Å². The minimum absolute atomic E-state index is 0.00520. The fourth-order valence-corrected chi connectivity index (χ4v) is 15.0. The molecule has 46 nitrogen and oxygen atoms in total. The van der Waals surface area contributed by atoms with E-state index >= 15 is 0 Å². The number of carbonyl (C=O) groups is 20. The molecule has 1 heterocycles. The highest BCUT2D eigenvalue weighted by Gasteiger charge is 2.42. The van der Waals surface area contributed by atoms with Crippen LogP contribution in [0.2, 0.25) is 0 Å². The first-order valence-corrected chi connectivity index (χ1v) is 44.8. The Bertz CT molecular complexity index is 4550. The smallest absolute Gasteiger partial charge is 0.305 e. The fraction of sp³-hybridized carbons (Fsp3) is 0.563. The van der Waals surface area contributed by atoms with Gasteiger partial charge in [0.15, 0.2) is 0 Å². The standard InChI is InChI=1S/C87H125N17O29S/c1-8-45(4)70(84(130)97-59(37-51-19-27-55(110)28-20-51)78(124)93-57(34-44(2)3)77(123)95-61(38-68(115)116)76(122)91-46(5)14-12-13-31-88)102-83(129)64(42-106)99-79(125)58(36-50-17-25-54(109)26-18-50)94-80(126)62(39-69(117)118)96-82(128)63(41-105)100-86(132)72(48(7)108)103-81(127)60(35-49-15-10-9-11-16-49)98-85(131)71(47(6)107)101-65(111)40-90-75(121)56(29-30-67(113)114)92-74(120)53-23-21-52(22-24-53)73(119)89-32-33-104-66(112)43-134-87(104)133/h9-11,15-20,25-28,44-48,52-53,56-64,70-72,105-110H,8,12-14,21-24,29-43,88H2,1-7H3,(H,89,119)(H,90,121)(H,91,122)(H,92,120)(H,93,124)(H,94,126)(H,95,123)(H,96,128)(H,97,130)(H,98,131)(H,99,125)(H,100,132)(H,101,111)(H,102,129)(H,103,127)(H,113,114)(H,115,116)(H,117,118)/t45-,46+,47+,48+,52-,53+,56-,57-,58-,59-,60-,61-,62-,63-,64-,70-,71-,72-/m0/s1. The van der Waals surface area contributed by atoms with Gasteiger partial charge in [-0.1, -0.05) is 107 Å². The van der Waals surface area contributed by atoms with Crippen LogP contribution < -0.4 is 85.5 Å². The molecule has 3 aromatic carbocycles. The molecule has 0 radical (unpaired) electrons. The molecule has 16 atom stereocenters. The summed E-state index contributed by atoms with van der Waals surface area (Å²) in [7, 11) is 0. The Morgan fingerprint density at radius 3 is 1.29 bits per heavy atom. The molecule has 1 saturated heterocycles. The summed E-state index contributed by atoms with van der Waals surface area (Å²) in [5.74, 6) is -24.2. The SMILES string of the molecule is CC[C@H](C)[C@H](NC(=O)[C@H](CO)NC(=O)[C@H](Cc1ccc(O)cc1)NC(=O)[C@H](CC(=O)O)NC(=O)[C@H](CO)NC(=O)[C@@H](NC(=O)[C@H](Cc1ccccc1)NC(=O)[C@@H](NC(=O)CNC(=O)[C@H](CCC(=O)O)NC(=O)[C@H]1CC[C@@H](C(=O)NCCN2C(=O)CSC2=O)CC1)[C@@H](C)O)[C@@H](C)O)C(=O)N[C@@H](Cc1ccc(O)cc1)C(=O)N[C@@H](CC(C)C)C(=O)N[C@@H](CC(=O)O)C(=O)N[C@H](C)CCCCN. The van der Waals surface area contributed by atoms with Gasteiger partial charge < -0.3 is 131 Å². The Hall–Kier alpha value is -13.0. The van der Waals surface area contributed by atoms with Gasteiger partial charge in [0.1, 0.15) is 84.0 Å². The number of aromatic hydroxyl groups is 2. The molecule has 1 saturated carbocycles. The normalized spacial score (nSPS) is 17.2. The second-order valence-electron chi connectivity index (χ2n) is 33.3. The van der Waals surface area contributed by atoms with Gasteiger partial charge in [0.25, 0.3) is 5.24 Å². The minimum atomic E-state index is -2.23. The topological polar surface area (TPSA) is 733 Å². The molecule has 3 aromatic rings. The molecule has 0 bridgehead atoms. The lowest BCUT2D eigenvalue weighted by Gasteiger charge is -2.30. The summed E-state index contributed by atoms with van der Waals surface area (Å²) in [6, 6.07) is -4.27. The summed E-state index contributed by atoms with van der Waals surface area (Å²) in [5.41, 5.74) is 6.49. The molecule has 2 fully saturated rings. The van der Waals surface area contributed by atoms with Crippen molar-refractivity contribution in [3.8, 4) is 11.5 Å². The van der Waals surface area contributed by atoms with E-state index in [0.29, 0.717) is 36.9 Å². The number of carboxylic acid groups (broad SMARTS) is 3. The van der Waals surface area contributed by atoms with Crippen LogP contribution in [-0.4, -0.2) is 304 Å². The van der Waals surface area contributed by atoms with Gasteiger partial charge >= 0.3 is 17.9 Å². The summed E-state index contributed by atoms with van der Waals surface area (Å²) in [5, 5.41) is 128. The van der Waals surface area contributed by atoms with Crippen LogP contribution >= 0.6 is 11.8 Å². The van der Waals surface area contributed by atoms with Crippen molar-refractivity contribution in [1.29, 1.82) is 0 Å². The molecular weight excluding hydrogens is 1780 g/mol. The van der Waals surface area contributed by atoms with E-state index in [1.165, 1.54) is 67.6 Å². The van der Waals surface area contributed by atoms with Gasteiger partial charge in [0, 0.05) is 56.7 Å². The Morgan fingerprint density at radius 1 is 0.433 bits per heavy atom. The number of carbonyl (C=O) groups excluding carboxylic acids is 17. The Balaban J connectivity index is 1.29. The number of amides is 17. The molecule has 1 aliphatic heterocycles. The van der Waals surface area contributed by atoms with Crippen LogP contribution in [0.5, 0.6) is 11.5 Å². The number of aliphatic hydroxyl groups excluding tert-OH is 4. The third-order valence-corrected chi connectivity index (χ3v) is 22.9. The average molecular weight is 1910 g/mol. The number of rotatable bonds is 57. The Morgan fingerprint density at radius 2 is 0.836 bits per heavy atom. The highest BCUT2D eigenvalue weighted by molar-refractivity contribution is 8.14. The molecule has 1 aliphatic carbocycles. The number of nitrogens with two attached hydrogens (primary N) is 1. The van der Waals surface area contributed by atoms with Gasteiger partial charge in [0.05, 0.1) is 50.6 Å². The number of thioether (sulfide) groups is 1. The van der Waals surface area contributed by atoms with Crippen molar-refractivity contribution >= 4 is 129 Å². The molecule has 5 rings (SSSR count). The average Bonchev–Trinajstić information content (AvgIpc) is 1.10. The number of hydrogen-bond acceptors (Lipinski definition) is 28. The lowest BCUT2D eigenvalue weighted by atomic mass is 9.81. The summed E-state index contributed by atoms with van der Waals surface area (Å²) in [6.45, 7) is 7.19. The van der Waals surface area contributed by atoms with E-state index in [1.54, 1.807) is 45.9 Å². The third kappa shape index (κ3) is 37.9. The number of imide groups is 1. The Kier molecular flexibility index (Phi) is 46.7. The van der Waals surface area contributed by atoms with E-state index in [0.717, 1.165) is 30.5 Å². The minimum Gasteiger partial charge on any atom is -0.508 e. The molecule has 2 aliphatic rings. The quantitative estimate of drug-likeness (QED) is 0.0235. The van der Waals surface area contributed by atoms with E-state index in [1.807, 2.05) is 0 Å². The van der Waals surface area contributed by atoms with E-state index in [9.17, 15) is 142 Å². The van der Waals surface area contributed by atoms with Crippen LogP contribution in [-0.2, 0) is 110 Å². The highest BCUT2D eigenvalue weighted by atomic mass is 32.2. The van der Waals surface area contributed by atoms with Crippen LogP contribution in [0.4, 0.5) is 4.79 Å². The zero-order valence-corrected chi connectivity index (χ0v) is 76.2. The highest BCUT2D eigenvalue weighted by Crippen LogP contribution is 2.30. The van der Waals surface area contributed by atoms with Crippen molar-refractivity contribution in [2.45, 2.75) is 242 Å². The molecule has 17 amide bonds. The summed E-state index contributed by atoms with van der Waals surface area (Å²) in [4.78, 5) is 272. The zero-order chi connectivity index (χ0) is 99.8. The first-order valence-electron chi connectivity index (χ1n) is 43.9. The number of aliphatic carboxylic acids is 3. The van der Waals surface area contributed by atoms with Gasteiger partial charge in [-0.3, -0.25) is 101 Å². The van der Waals surface area contributed by atoms with E-state index < -0.39 is 273 Å². The maximum atomic E-state index is 14.7. The van der Waals surface area contributed by atoms with Gasteiger partial charge in [-0.25, -0.2) is 0 Å². The number of carboxylic acids is 3. The first kappa shape index (κ1) is 112. The predicted octanol–water partition coefficient (Wildman–Crippen LogP) is -5.04. The van der Waals surface area contributed by atoms with Crippen LogP contribution in [0.25, 0.3) is 0 Å². The molecular formula is C87H125N17O29S. The molecule has 738 valence electrons. The van der Waals surface area contributed by atoms with Gasteiger partial charge in [-0.05, 0) is 131 Å². The van der Waals surface area contributed by atoms with Crippen LogP contribution in [0, 0.1) is 23.7 Å². The van der Waals surface area contributed by atoms with Crippen molar-refractivity contribution in [3.63, 3.8) is 0 Å². The number of unbranched alkanes of at least 4 members (excludes halogenated alkanes) is 1. The van der Waals surface area contributed by atoms with Crippen LogP contribution in [0.1, 0.15) is 149 Å². The van der Waals surface area contributed by atoms with E-state index in [-0.39, 0.29) is 98.6 Å².